The number of benzene rings is 2. The molecule has 224 valence electrons. The van der Waals surface area contributed by atoms with E-state index in [1.54, 1.807) is 12.0 Å². The van der Waals surface area contributed by atoms with E-state index in [0.717, 1.165) is 59.8 Å². The molecule has 3 aliphatic heterocycles. The fraction of sp³-hybridized carbons (Fsp3) is 0.455. The predicted molar refractivity (Wildman–Crippen MR) is 168 cm³/mol. The summed E-state index contributed by atoms with van der Waals surface area (Å²) in [6.07, 6.45) is 4.39. The molecule has 2 aromatic carbocycles. The number of carbonyl (C=O) groups is 1. The monoisotopic (exact) mass is 581 g/mol. The Morgan fingerprint density at radius 1 is 1.14 bits per heavy atom. The van der Waals surface area contributed by atoms with E-state index in [0.29, 0.717) is 44.8 Å². The van der Waals surface area contributed by atoms with Crippen molar-refractivity contribution in [3.8, 4) is 11.8 Å². The van der Waals surface area contributed by atoms with Gasteiger partial charge in [-0.05, 0) is 68.6 Å². The first-order chi connectivity index (χ1) is 21.0. The van der Waals surface area contributed by atoms with Gasteiger partial charge in [0.25, 0.3) is 0 Å². The molecular formula is C33H39N7O3. The minimum absolute atomic E-state index is 0.133. The first-order valence-corrected chi connectivity index (χ1v) is 15.0. The Morgan fingerprint density at radius 3 is 2.79 bits per heavy atom. The maximum absolute atomic E-state index is 12.5. The lowest BCUT2D eigenvalue weighted by Gasteiger charge is -2.41. The summed E-state index contributed by atoms with van der Waals surface area (Å²) in [5, 5.41) is 2.31. The molecule has 10 nitrogen and oxygen atoms in total. The Hall–Kier alpha value is -4.36. The number of methoxy groups -OCH3 is 1. The molecule has 2 fully saturated rings. The van der Waals surface area contributed by atoms with E-state index in [9.17, 15) is 4.79 Å². The normalized spacial score (nSPS) is 20.5. The molecule has 3 aromatic rings. The maximum atomic E-state index is 12.5. The number of ether oxygens (including phenoxy) is 2. The van der Waals surface area contributed by atoms with Crippen LogP contribution in [0.5, 0.6) is 11.8 Å². The molecule has 4 heterocycles. The second-order valence-electron chi connectivity index (χ2n) is 11.6. The molecule has 10 heteroatoms. The number of hydrogen-bond donors (Lipinski definition) is 0. The molecule has 43 heavy (non-hydrogen) atoms. The summed E-state index contributed by atoms with van der Waals surface area (Å²) < 4.78 is 11.8. The summed E-state index contributed by atoms with van der Waals surface area (Å²) in [6, 6.07) is 13.1. The van der Waals surface area contributed by atoms with Crippen LogP contribution in [0.15, 0.2) is 49.1 Å². The van der Waals surface area contributed by atoms with Crippen molar-refractivity contribution >= 4 is 28.2 Å². The summed E-state index contributed by atoms with van der Waals surface area (Å²) in [6.45, 7) is 16.1. The quantitative estimate of drug-likeness (QED) is 0.294. The molecule has 3 aliphatic rings. The van der Waals surface area contributed by atoms with E-state index in [4.69, 9.17) is 26.0 Å². The number of fused-ring (bicyclic) bond motifs is 2. The van der Waals surface area contributed by atoms with Gasteiger partial charge in [0.2, 0.25) is 12.5 Å². The standard InChI is InChI=1S/C33H39N7O3/c1-5-31(41)40-17-16-39(20-25(40)19-34-2)32-28-13-15-38(30-10-6-8-23-18-26(42-4)11-12-27(23)30)21-29(28)35-33(36-32)43-22-24-9-7-14-37(24)3/h5-6,8,10-12,18,24-25H,1,7,9,13-17,19-22H2,3-4H3/t24-,25-/m0/s1. The minimum Gasteiger partial charge on any atom is -0.497 e. The molecule has 6 rings (SSSR count). The number of piperazine rings is 1. The number of anilines is 2. The molecular weight excluding hydrogens is 542 g/mol. The van der Waals surface area contributed by atoms with Gasteiger partial charge in [-0.2, -0.15) is 9.97 Å². The number of rotatable bonds is 8. The molecule has 2 atom stereocenters. The third-order valence-corrected chi connectivity index (χ3v) is 9.05. The predicted octanol–water partition coefficient (Wildman–Crippen LogP) is 3.80. The molecule has 0 bridgehead atoms. The van der Waals surface area contributed by atoms with Crippen LogP contribution < -0.4 is 19.3 Å². The second-order valence-corrected chi connectivity index (χ2v) is 11.6. The van der Waals surface area contributed by atoms with Crippen molar-refractivity contribution in [2.75, 3.05) is 69.8 Å². The fourth-order valence-electron chi connectivity index (χ4n) is 6.64. The van der Waals surface area contributed by atoms with Crippen molar-refractivity contribution in [2.24, 2.45) is 0 Å². The first kappa shape index (κ1) is 28.7. The minimum atomic E-state index is -0.230. The highest BCUT2D eigenvalue weighted by Gasteiger charge is 2.35. The highest BCUT2D eigenvalue weighted by Crippen LogP contribution is 2.35. The van der Waals surface area contributed by atoms with Gasteiger partial charge >= 0.3 is 6.01 Å². The molecule has 0 radical (unpaired) electrons. The highest BCUT2D eigenvalue weighted by molar-refractivity contribution is 5.95. The lowest BCUT2D eigenvalue weighted by molar-refractivity contribution is -0.128. The number of amides is 1. The summed E-state index contributed by atoms with van der Waals surface area (Å²) in [5.41, 5.74) is 3.24. The van der Waals surface area contributed by atoms with E-state index in [-0.39, 0.29) is 18.5 Å². The Morgan fingerprint density at radius 2 is 2.02 bits per heavy atom. The highest BCUT2D eigenvalue weighted by atomic mass is 16.5. The summed E-state index contributed by atoms with van der Waals surface area (Å²) in [5.74, 6) is 1.57. The molecule has 1 amide bonds. The van der Waals surface area contributed by atoms with Crippen molar-refractivity contribution in [2.45, 2.75) is 37.9 Å². The van der Waals surface area contributed by atoms with Crippen LogP contribution in [-0.2, 0) is 17.8 Å². The zero-order chi connectivity index (χ0) is 29.9. The van der Waals surface area contributed by atoms with Gasteiger partial charge in [0.05, 0.1) is 19.3 Å². The van der Waals surface area contributed by atoms with Gasteiger partial charge < -0.3 is 33.9 Å². The zero-order valence-electron chi connectivity index (χ0n) is 25.0. The van der Waals surface area contributed by atoms with Crippen LogP contribution >= 0.6 is 0 Å². The Kier molecular flexibility index (Phi) is 8.34. The molecule has 0 spiro atoms. The molecule has 0 saturated carbocycles. The Bertz CT molecular complexity index is 1550. The lowest BCUT2D eigenvalue weighted by atomic mass is 10.0. The largest absolute Gasteiger partial charge is 0.497 e. The molecule has 2 saturated heterocycles. The van der Waals surface area contributed by atoms with Crippen LogP contribution in [0.4, 0.5) is 11.5 Å². The van der Waals surface area contributed by atoms with Crippen molar-refractivity contribution in [1.82, 2.24) is 19.8 Å². The van der Waals surface area contributed by atoms with Crippen molar-refractivity contribution in [3.63, 3.8) is 0 Å². The van der Waals surface area contributed by atoms with Crippen LogP contribution in [0.1, 0.15) is 24.1 Å². The van der Waals surface area contributed by atoms with Gasteiger partial charge in [0.1, 0.15) is 24.2 Å². The summed E-state index contributed by atoms with van der Waals surface area (Å²) >= 11 is 0. The Labute approximate surface area is 253 Å². The maximum Gasteiger partial charge on any atom is 0.318 e. The van der Waals surface area contributed by atoms with E-state index < -0.39 is 0 Å². The third-order valence-electron chi connectivity index (χ3n) is 9.05. The number of nitrogens with zero attached hydrogens (tertiary/aromatic N) is 7. The average molecular weight is 582 g/mol. The van der Waals surface area contributed by atoms with Gasteiger partial charge in [0, 0.05) is 48.9 Å². The van der Waals surface area contributed by atoms with Crippen LogP contribution in [-0.4, -0.2) is 97.8 Å². The number of aromatic nitrogens is 2. The van der Waals surface area contributed by atoms with E-state index in [2.05, 4.69) is 63.5 Å². The number of likely N-dealkylation sites (N-methyl/N-ethyl adjacent to an activating group) is 1. The molecule has 0 aliphatic carbocycles. The van der Waals surface area contributed by atoms with E-state index in [1.165, 1.54) is 17.9 Å². The average Bonchev–Trinajstić information content (AvgIpc) is 3.46. The van der Waals surface area contributed by atoms with Gasteiger partial charge in [0.15, 0.2) is 0 Å². The fourth-order valence-corrected chi connectivity index (χ4v) is 6.64. The van der Waals surface area contributed by atoms with Gasteiger partial charge in [-0.1, -0.05) is 18.7 Å². The Balaban J connectivity index is 1.33. The number of likely N-dealkylation sites (tertiary alicyclic amines) is 1. The number of carbonyl (C=O) groups excluding carboxylic acids is 1. The van der Waals surface area contributed by atoms with Gasteiger partial charge in [-0.3, -0.25) is 4.79 Å². The van der Waals surface area contributed by atoms with Gasteiger partial charge in [-0.25, -0.2) is 6.57 Å². The lowest BCUT2D eigenvalue weighted by Crippen LogP contribution is -2.56. The van der Waals surface area contributed by atoms with Crippen molar-refractivity contribution in [1.29, 1.82) is 0 Å². The van der Waals surface area contributed by atoms with Crippen LogP contribution in [0, 0.1) is 6.57 Å². The van der Waals surface area contributed by atoms with Crippen molar-refractivity contribution < 1.29 is 14.3 Å². The van der Waals surface area contributed by atoms with Gasteiger partial charge in [-0.15, -0.1) is 0 Å². The summed E-state index contributed by atoms with van der Waals surface area (Å²) in [7, 11) is 3.83. The van der Waals surface area contributed by atoms with E-state index >= 15 is 0 Å². The smallest absolute Gasteiger partial charge is 0.318 e. The first-order valence-electron chi connectivity index (χ1n) is 15.0. The van der Waals surface area contributed by atoms with E-state index in [1.807, 2.05) is 6.07 Å². The molecule has 1 aromatic heterocycles. The topological polar surface area (TPSA) is 78.6 Å². The number of hydrogen-bond acceptors (Lipinski definition) is 8. The molecule has 0 unspecified atom stereocenters. The molecule has 0 N–H and O–H groups in total. The summed E-state index contributed by atoms with van der Waals surface area (Å²) in [4.78, 5) is 34.9. The van der Waals surface area contributed by atoms with Crippen LogP contribution in [0.2, 0.25) is 0 Å². The third kappa shape index (κ3) is 5.82. The van der Waals surface area contributed by atoms with Crippen LogP contribution in [0.3, 0.4) is 0 Å². The SMILES string of the molecule is [C-]#[N+]C[C@H]1CN(c2nc(OC[C@@H]3CCCN3C)nc3c2CCN(c2cccc4cc(OC)ccc24)C3)CCN1C(=O)C=C. The van der Waals surface area contributed by atoms with Crippen molar-refractivity contribution in [3.05, 3.63) is 71.7 Å². The zero-order valence-corrected chi connectivity index (χ0v) is 25.0. The van der Waals surface area contributed by atoms with Crippen LogP contribution in [0.25, 0.3) is 15.6 Å². The second kappa shape index (κ2) is 12.5.